The summed E-state index contributed by atoms with van der Waals surface area (Å²) in [4.78, 5) is 0. The van der Waals surface area contributed by atoms with Crippen LogP contribution in [0.2, 0.25) is 0 Å². The lowest BCUT2D eigenvalue weighted by Crippen LogP contribution is -1.90. The molecule has 0 radical (unpaired) electrons. The zero-order chi connectivity index (χ0) is 17.1. The molecule has 1 nitrogen and oxygen atoms in total. The fraction of sp³-hybridized carbons (Fsp3) is 0.0833. The predicted octanol–water partition coefficient (Wildman–Crippen LogP) is 6.57. The average Bonchev–Trinajstić information content (AvgIpc) is 2.69. The Morgan fingerprint density at radius 1 is 0.560 bits per heavy atom. The highest BCUT2D eigenvalue weighted by Gasteiger charge is 2.04. The highest BCUT2D eigenvalue weighted by atomic mass is 16.5. The molecule has 0 fully saturated rings. The van der Waals surface area contributed by atoms with Gasteiger partial charge >= 0.3 is 0 Å². The quantitative estimate of drug-likeness (QED) is 0.412. The maximum atomic E-state index is 5.59. The fourth-order valence-electron chi connectivity index (χ4n) is 3.17. The molecule has 1 heteroatoms. The van der Waals surface area contributed by atoms with E-state index in [1.807, 2.05) is 19.1 Å². The molecule has 0 saturated heterocycles. The van der Waals surface area contributed by atoms with Crippen LogP contribution < -0.4 is 4.74 Å². The van der Waals surface area contributed by atoms with Gasteiger partial charge in [0.05, 0.1) is 6.61 Å². The van der Waals surface area contributed by atoms with Crippen LogP contribution >= 0.6 is 0 Å². The lowest BCUT2D eigenvalue weighted by atomic mass is 9.97. The van der Waals surface area contributed by atoms with Crippen LogP contribution in [0.15, 0.2) is 91.0 Å². The number of fused-ring (bicyclic) bond motifs is 1. The zero-order valence-electron chi connectivity index (χ0n) is 14.3. The van der Waals surface area contributed by atoms with Crippen molar-refractivity contribution in [1.29, 1.82) is 0 Å². The van der Waals surface area contributed by atoms with Gasteiger partial charge in [0.1, 0.15) is 5.75 Å². The van der Waals surface area contributed by atoms with E-state index in [4.69, 9.17) is 4.74 Å². The summed E-state index contributed by atoms with van der Waals surface area (Å²) in [7, 11) is 0. The number of hydrogen-bond acceptors (Lipinski definition) is 1. The smallest absolute Gasteiger partial charge is 0.119 e. The van der Waals surface area contributed by atoms with Crippen molar-refractivity contribution in [2.45, 2.75) is 6.92 Å². The van der Waals surface area contributed by atoms with Crippen LogP contribution in [0.25, 0.3) is 33.0 Å². The van der Waals surface area contributed by atoms with Crippen LogP contribution in [0.5, 0.6) is 5.75 Å². The first kappa shape index (κ1) is 15.5. The van der Waals surface area contributed by atoms with Crippen molar-refractivity contribution in [2.75, 3.05) is 6.61 Å². The number of rotatable bonds is 4. The second kappa shape index (κ2) is 6.82. The minimum absolute atomic E-state index is 0.690. The Morgan fingerprint density at radius 3 is 2.00 bits per heavy atom. The van der Waals surface area contributed by atoms with Crippen molar-refractivity contribution in [1.82, 2.24) is 0 Å². The van der Waals surface area contributed by atoms with E-state index in [1.54, 1.807) is 0 Å². The summed E-state index contributed by atoms with van der Waals surface area (Å²) in [5, 5.41) is 2.43. The predicted molar refractivity (Wildman–Crippen MR) is 106 cm³/mol. The summed E-state index contributed by atoms with van der Waals surface area (Å²) in [6, 6.07) is 32.1. The standard InChI is InChI=1S/C24H20O/c1-2-25-24-14-13-22-16-21(11-12-23(22)17-24)20-10-6-9-19(15-20)18-7-4-3-5-8-18/h3-17H,2H2,1H3. The van der Waals surface area contributed by atoms with Gasteiger partial charge in [0, 0.05) is 0 Å². The van der Waals surface area contributed by atoms with Gasteiger partial charge in [-0.05, 0) is 64.2 Å². The van der Waals surface area contributed by atoms with Crippen LogP contribution in [-0.2, 0) is 0 Å². The number of benzene rings is 4. The van der Waals surface area contributed by atoms with E-state index in [0.29, 0.717) is 6.61 Å². The Labute approximate surface area is 148 Å². The average molecular weight is 324 g/mol. The van der Waals surface area contributed by atoms with Gasteiger partial charge in [-0.1, -0.05) is 66.7 Å². The van der Waals surface area contributed by atoms with E-state index < -0.39 is 0 Å². The number of hydrogen-bond donors (Lipinski definition) is 0. The van der Waals surface area contributed by atoms with Crippen LogP contribution in [0.3, 0.4) is 0 Å². The monoisotopic (exact) mass is 324 g/mol. The molecule has 0 aliphatic carbocycles. The summed E-state index contributed by atoms with van der Waals surface area (Å²) in [6.45, 7) is 2.70. The van der Waals surface area contributed by atoms with Crippen LogP contribution in [0.1, 0.15) is 6.92 Å². The zero-order valence-corrected chi connectivity index (χ0v) is 14.3. The molecule has 4 aromatic rings. The normalized spacial score (nSPS) is 10.8. The third kappa shape index (κ3) is 3.27. The molecule has 0 atom stereocenters. The molecule has 0 spiro atoms. The van der Waals surface area contributed by atoms with E-state index in [-0.39, 0.29) is 0 Å². The van der Waals surface area contributed by atoms with Gasteiger partial charge in [-0.15, -0.1) is 0 Å². The van der Waals surface area contributed by atoms with Gasteiger partial charge in [-0.25, -0.2) is 0 Å². The van der Waals surface area contributed by atoms with E-state index in [0.717, 1.165) is 5.75 Å². The topological polar surface area (TPSA) is 9.23 Å². The molecule has 0 heterocycles. The van der Waals surface area contributed by atoms with Crippen molar-refractivity contribution in [3.05, 3.63) is 91.0 Å². The van der Waals surface area contributed by atoms with Gasteiger partial charge in [0.25, 0.3) is 0 Å². The number of ether oxygens (including phenoxy) is 1. The van der Waals surface area contributed by atoms with E-state index in [9.17, 15) is 0 Å². The summed E-state index contributed by atoms with van der Waals surface area (Å²) in [5.74, 6) is 0.925. The molecule has 0 saturated carbocycles. The fourth-order valence-corrected chi connectivity index (χ4v) is 3.17. The van der Waals surface area contributed by atoms with Crippen molar-refractivity contribution in [3.8, 4) is 28.0 Å². The van der Waals surface area contributed by atoms with Gasteiger partial charge in [-0.2, -0.15) is 0 Å². The van der Waals surface area contributed by atoms with Gasteiger partial charge < -0.3 is 4.74 Å². The molecule has 25 heavy (non-hydrogen) atoms. The molecular weight excluding hydrogens is 304 g/mol. The van der Waals surface area contributed by atoms with Gasteiger partial charge in [-0.3, -0.25) is 0 Å². The van der Waals surface area contributed by atoms with Gasteiger partial charge in [0.2, 0.25) is 0 Å². The first-order chi connectivity index (χ1) is 12.3. The molecule has 0 aliphatic rings. The first-order valence-corrected chi connectivity index (χ1v) is 8.66. The lowest BCUT2D eigenvalue weighted by Gasteiger charge is -2.09. The lowest BCUT2D eigenvalue weighted by molar-refractivity contribution is 0.341. The first-order valence-electron chi connectivity index (χ1n) is 8.66. The Balaban J connectivity index is 1.73. The largest absolute Gasteiger partial charge is 0.494 e. The van der Waals surface area contributed by atoms with Crippen LogP contribution in [0, 0.1) is 0 Å². The SMILES string of the molecule is CCOc1ccc2cc(-c3cccc(-c4ccccc4)c3)ccc2c1. The molecule has 0 unspecified atom stereocenters. The van der Waals surface area contributed by atoms with Crippen LogP contribution in [-0.4, -0.2) is 6.61 Å². The molecule has 0 aromatic heterocycles. The Morgan fingerprint density at radius 2 is 1.20 bits per heavy atom. The second-order valence-electron chi connectivity index (χ2n) is 6.10. The molecule has 4 rings (SSSR count). The summed E-state index contributed by atoms with van der Waals surface area (Å²) >= 11 is 0. The molecule has 0 N–H and O–H groups in total. The van der Waals surface area contributed by atoms with Crippen LogP contribution in [0.4, 0.5) is 0 Å². The minimum Gasteiger partial charge on any atom is -0.494 e. The van der Waals surface area contributed by atoms with Gasteiger partial charge in [0.15, 0.2) is 0 Å². The van der Waals surface area contributed by atoms with Crippen molar-refractivity contribution >= 4 is 10.8 Å². The van der Waals surface area contributed by atoms with Crippen molar-refractivity contribution in [3.63, 3.8) is 0 Å². The summed E-state index contributed by atoms with van der Waals surface area (Å²) < 4.78 is 5.59. The molecule has 0 amide bonds. The Bertz CT molecular complexity index is 1000. The molecule has 0 aliphatic heterocycles. The summed E-state index contributed by atoms with van der Waals surface area (Å²) in [6.07, 6.45) is 0. The minimum atomic E-state index is 0.690. The van der Waals surface area contributed by atoms with E-state index >= 15 is 0 Å². The molecular formula is C24H20O. The van der Waals surface area contributed by atoms with E-state index in [2.05, 4.69) is 78.9 Å². The van der Waals surface area contributed by atoms with Crippen molar-refractivity contribution < 1.29 is 4.74 Å². The third-order valence-corrected chi connectivity index (χ3v) is 4.43. The second-order valence-corrected chi connectivity index (χ2v) is 6.10. The summed E-state index contributed by atoms with van der Waals surface area (Å²) in [5.41, 5.74) is 4.95. The highest BCUT2D eigenvalue weighted by Crippen LogP contribution is 2.30. The molecule has 4 aromatic carbocycles. The van der Waals surface area contributed by atoms with Crippen molar-refractivity contribution in [2.24, 2.45) is 0 Å². The maximum absolute atomic E-state index is 5.59. The Kier molecular flexibility index (Phi) is 4.22. The molecule has 122 valence electrons. The highest BCUT2D eigenvalue weighted by molar-refractivity contribution is 5.89. The third-order valence-electron chi connectivity index (χ3n) is 4.43. The maximum Gasteiger partial charge on any atom is 0.119 e. The molecule has 0 bridgehead atoms. The Hall–Kier alpha value is -3.06. The van der Waals surface area contributed by atoms with E-state index in [1.165, 1.54) is 33.0 Å².